The number of rotatable bonds is 8. The molecule has 3 aromatic carbocycles. The fraction of sp³-hybridized carbons (Fsp3) is 0.143. The lowest BCUT2D eigenvalue weighted by molar-refractivity contribution is -0.119. The van der Waals surface area contributed by atoms with Crippen molar-refractivity contribution in [1.29, 1.82) is 0 Å². The molecular weight excluding hydrogens is 543 g/mol. The molecule has 1 heterocycles. The molecule has 38 heavy (non-hydrogen) atoms. The fourth-order valence-corrected chi connectivity index (χ4v) is 5.83. The average molecular weight is 570 g/mol. The number of nitrogens with zero attached hydrogens (tertiary/aromatic N) is 3. The number of carbonyl (C=O) groups is 1. The normalized spacial score (nSPS) is 11.6. The lowest BCUT2D eigenvalue weighted by Gasteiger charge is -2.23. The highest BCUT2D eigenvalue weighted by Crippen LogP contribution is 2.27. The predicted octanol–water partition coefficient (Wildman–Crippen LogP) is 6.05. The smallest absolute Gasteiger partial charge is 0.264 e. The van der Waals surface area contributed by atoms with Gasteiger partial charge in [0.25, 0.3) is 15.9 Å². The highest BCUT2D eigenvalue weighted by molar-refractivity contribution is 7.92. The Morgan fingerprint density at radius 3 is 2.34 bits per heavy atom. The van der Waals surface area contributed by atoms with E-state index in [0.29, 0.717) is 10.0 Å². The number of aryl methyl sites for hydroxylation is 2. The molecular formula is C28H26Cl2N4O3S. The summed E-state index contributed by atoms with van der Waals surface area (Å²) in [6.45, 7) is 5.49. The van der Waals surface area contributed by atoms with E-state index in [-0.39, 0.29) is 10.6 Å². The molecule has 0 aliphatic rings. The van der Waals surface area contributed by atoms with Crippen LogP contribution >= 0.6 is 23.2 Å². The molecule has 0 atom stereocenters. The molecule has 196 valence electrons. The van der Waals surface area contributed by atoms with Gasteiger partial charge in [-0.15, -0.1) is 0 Å². The highest BCUT2D eigenvalue weighted by Gasteiger charge is 2.27. The Kier molecular flexibility index (Phi) is 8.26. The molecule has 1 N–H and O–H groups in total. The molecule has 0 bridgehead atoms. The van der Waals surface area contributed by atoms with Gasteiger partial charge >= 0.3 is 0 Å². The Balaban J connectivity index is 1.56. The van der Waals surface area contributed by atoms with Crippen molar-refractivity contribution in [3.8, 4) is 5.69 Å². The summed E-state index contributed by atoms with van der Waals surface area (Å²) < 4.78 is 30.0. The molecule has 10 heteroatoms. The molecule has 7 nitrogen and oxygen atoms in total. The third kappa shape index (κ3) is 6.10. The van der Waals surface area contributed by atoms with Crippen LogP contribution in [0.25, 0.3) is 5.69 Å². The number of sulfonamides is 1. The second kappa shape index (κ2) is 11.4. The zero-order valence-corrected chi connectivity index (χ0v) is 23.3. The van der Waals surface area contributed by atoms with Crippen LogP contribution in [0.2, 0.25) is 10.0 Å². The van der Waals surface area contributed by atoms with Crippen LogP contribution in [0.15, 0.2) is 88.9 Å². The van der Waals surface area contributed by atoms with Gasteiger partial charge in [0.2, 0.25) is 0 Å². The molecule has 0 spiro atoms. The third-order valence-electron chi connectivity index (χ3n) is 5.91. The summed E-state index contributed by atoms with van der Waals surface area (Å²) in [6, 6.07) is 22.1. The largest absolute Gasteiger partial charge is 0.318 e. The van der Waals surface area contributed by atoms with E-state index in [9.17, 15) is 13.2 Å². The first-order valence-corrected chi connectivity index (χ1v) is 13.9. The van der Waals surface area contributed by atoms with E-state index in [0.717, 1.165) is 32.5 Å². The van der Waals surface area contributed by atoms with Crippen LogP contribution in [-0.2, 0) is 14.8 Å². The summed E-state index contributed by atoms with van der Waals surface area (Å²) in [5.74, 6) is -0.619. The lowest BCUT2D eigenvalue weighted by Crippen LogP contribution is -2.39. The molecule has 4 rings (SSSR count). The van der Waals surface area contributed by atoms with E-state index in [1.165, 1.54) is 30.3 Å². The third-order valence-corrected chi connectivity index (χ3v) is 8.18. The predicted molar refractivity (Wildman–Crippen MR) is 153 cm³/mol. The monoisotopic (exact) mass is 568 g/mol. The van der Waals surface area contributed by atoms with Crippen LogP contribution in [-0.4, -0.2) is 31.7 Å². The first-order chi connectivity index (χ1) is 18.1. The van der Waals surface area contributed by atoms with E-state index in [2.05, 4.69) is 21.2 Å². The Morgan fingerprint density at radius 1 is 0.947 bits per heavy atom. The van der Waals surface area contributed by atoms with Gasteiger partial charge in [-0.3, -0.25) is 9.10 Å². The van der Waals surface area contributed by atoms with Gasteiger partial charge in [0, 0.05) is 32.7 Å². The average Bonchev–Trinajstić information content (AvgIpc) is 3.15. The molecule has 0 aliphatic carbocycles. The van der Waals surface area contributed by atoms with Crippen molar-refractivity contribution in [2.24, 2.45) is 5.10 Å². The lowest BCUT2D eigenvalue weighted by atomic mass is 10.2. The van der Waals surface area contributed by atoms with Crippen molar-refractivity contribution < 1.29 is 13.2 Å². The number of anilines is 1. The van der Waals surface area contributed by atoms with Crippen LogP contribution in [0.3, 0.4) is 0 Å². The minimum absolute atomic E-state index is 0.0123. The molecule has 0 saturated heterocycles. The number of amides is 1. The maximum Gasteiger partial charge on any atom is 0.264 e. The Labute approximate surface area is 232 Å². The first kappa shape index (κ1) is 27.4. The zero-order valence-electron chi connectivity index (χ0n) is 21.0. The number of hydrazone groups is 1. The van der Waals surface area contributed by atoms with Crippen molar-refractivity contribution in [3.05, 3.63) is 111 Å². The summed E-state index contributed by atoms with van der Waals surface area (Å²) >= 11 is 12.0. The van der Waals surface area contributed by atoms with Gasteiger partial charge in [-0.25, -0.2) is 13.8 Å². The van der Waals surface area contributed by atoms with Crippen molar-refractivity contribution in [1.82, 2.24) is 9.99 Å². The van der Waals surface area contributed by atoms with Crippen LogP contribution in [0.5, 0.6) is 0 Å². The quantitative estimate of drug-likeness (QED) is 0.207. The minimum Gasteiger partial charge on any atom is -0.318 e. The van der Waals surface area contributed by atoms with Gasteiger partial charge in [0.1, 0.15) is 6.54 Å². The minimum atomic E-state index is -4.10. The van der Waals surface area contributed by atoms with Crippen molar-refractivity contribution in [2.75, 3.05) is 10.8 Å². The SMILES string of the molecule is Cc1cccc(-n2c(C)cc(/C=N\NC(=O)CN(c3cccc(Cl)c3)S(=O)(=O)c3ccc(Cl)cc3)c2C)c1. The summed E-state index contributed by atoms with van der Waals surface area (Å²) in [6.07, 6.45) is 1.55. The molecule has 4 aromatic rings. The van der Waals surface area contributed by atoms with Crippen molar-refractivity contribution in [3.63, 3.8) is 0 Å². The number of halogens is 2. The molecule has 0 unspecified atom stereocenters. The molecule has 1 aromatic heterocycles. The maximum absolute atomic E-state index is 13.4. The van der Waals surface area contributed by atoms with Gasteiger partial charge in [0.15, 0.2) is 0 Å². The second-order valence-electron chi connectivity index (χ2n) is 8.74. The Hall–Kier alpha value is -3.59. The van der Waals surface area contributed by atoms with E-state index in [1.54, 1.807) is 24.4 Å². The van der Waals surface area contributed by atoms with E-state index < -0.39 is 22.5 Å². The van der Waals surface area contributed by atoms with Gasteiger partial charge in [0.05, 0.1) is 16.8 Å². The maximum atomic E-state index is 13.4. The molecule has 0 aliphatic heterocycles. The van der Waals surface area contributed by atoms with Crippen LogP contribution < -0.4 is 9.73 Å². The summed E-state index contributed by atoms with van der Waals surface area (Å²) in [7, 11) is -4.10. The zero-order chi connectivity index (χ0) is 27.4. The molecule has 0 saturated carbocycles. The van der Waals surface area contributed by atoms with Crippen molar-refractivity contribution >= 4 is 51.0 Å². The highest BCUT2D eigenvalue weighted by atomic mass is 35.5. The van der Waals surface area contributed by atoms with Gasteiger partial charge in [-0.1, -0.05) is 41.4 Å². The molecule has 1 amide bonds. The van der Waals surface area contributed by atoms with Gasteiger partial charge < -0.3 is 4.57 Å². The van der Waals surface area contributed by atoms with Gasteiger partial charge in [-0.05, 0) is 87.0 Å². The van der Waals surface area contributed by atoms with Crippen molar-refractivity contribution in [2.45, 2.75) is 25.7 Å². The van der Waals surface area contributed by atoms with E-state index in [4.69, 9.17) is 23.2 Å². The van der Waals surface area contributed by atoms with E-state index >= 15 is 0 Å². The topological polar surface area (TPSA) is 83.8 Å². The second-order valence-corrected chi connectivity index (χ2v) is 11.5. The number of hydrogen-bond acceptors (Lipinski definition) is 4. The summed E-state index contributed by atoms with van der Waals surface area (Å²) in [4.78, 5) is 12.8. The number of carbonyl (C=O) groups excluding carboxylic acids is 1. The van der Waals surface area contributed by atoms with Crippen LogP contribution in [0, 0.1) is 20.8 Å². The number of hydrogen-bond donors (Lipinski definition) is 1. The van der Waals surface area contributed by atoms with Crippen LogP contribution in [0.1, 0.15) is 22.5 Å². The standard InChI is InChI=1S/C28H26Cl2N4O3S/c1-19-6-4-9-26(14-19)34-20(2)15-22(21(34)3)17-31-32-28(35)18-33(25-8-5-7-24(30)16-25)38(36,37)27-12-10-23(29)11-13-27/h4-17H,18H2,1-3H3,(H,32,35)/b31-17-. The Bertz CT molecular complexity index is 1610. The summed E-state index contributed by atoms with van der Waals surface area (Å²) in [5.41, 5.74) is 7.67. The summed E-state index contributed by atoms with van der Waals surface area (Å²) in [5, 5.41) is 4.83. The molecule has 0 fully saturated rings. The number of benzene rings is 3. The molecule has 0 radical (unpaired) electrons. The number of nitrogens with one attached hydrogen (secondary N) is 1. The first-order valence-electron chi connectivity index (χ1n) is 11.7. The van der Waals surface area contributed by atoms with E-state index in [1.807, 2.05) is 45.0 Å². The van der Waals surface area contributed by atoms with Crippen LogP contribution in [0.4, 0.5) is 5.69 Å². The number of aromatic nitrogens is 1. The van der Waals surface area contributed by atoms with Gasteiger partial charge in [-0.2, -0.15) is 5.10 Å². The fourth-order valence-electron chi connectivity index (χ4n) is 4.10. The Morgan fingerprint density at radius 2 is 1.66 bits per heavy atom.